The Morgan fingerprint density at radius 3 is 2.00 bits per heavy atom. The van der Waals surface area contributed by atoms with Gasteiger partial charge in [0.05, 0.1) is 12.2 Å². The van der Waals surface area contributed by atoms with Crippen molar-refractivity contribution >= 4 is 5.97 Å². The van der Waals surface area contributed by atoms with Gasteiger partial charge in [-0.25, -0.2) is 9.78 Å². The summed E-state index contributed by atoms with van der Waals surface area (Å²) < 4.78 is 0. The topological polar surface area (TPSA) is 55.8 Å². The lowest BCUT2D eigenvalue weighted by atomic mass is 9.87. The van der Waals surface area contributed by atoms with Crippen LogP contribution in [0.2, 0.25) is 0 Å². The minimum atomic E-state index is -0.690. The van der Waals surface area contributed by atoms with E-state index in [0.717, 1.165) is 44.9 Å². The fraction of sp³-hybridized carbons (Fsp3) is 0.773. The van der Waals surface area contributed by atoms with Gasteiger partial charge in [-0.15, -0.1) is 0 Å². The number of carboxylic acids is 1. The molecule has 2 fully saturated rings. The normalized spacial score (nSPS) is 27.9. The van der Waals surface area contributed by atoms with Crippen LogP contribution in [0.5, 0.6) is 0 Å². The minimum Gasteiger partial charge on any atom is -0.481 e. The van der Waals surface area contributed by atoms with Gasteiger partial charge < -0.3 is 5.11 Å². The van der Waals surface area contributed by atoms with Gasteiger partial charge in [0, 0.05) is 12.8 Å². The highest BCUT2D eigenvalue weighted by atomic mass is 17.2. The van der Waals surface area contributed by atoms with E-state index in [1.54, 1.807) is 0 Å². The Bertz CT molecular complexity index is 457. The van der Waals surface area contributed by atoms with Crippen LogP contribution in [0.15, 0.2) is 24.3 Å². The smallest absolute Gasteiger partial charge is 0.303 e. The lowest BCUT2D eigenvalue weighted by molar-refractivity contribution is -0.340. The molecule has 2 bridgehead atoms. The van der Waals surface area contributed by atoms with E-state index < -0.39 is 5.97 Å². The van der Waals surface area contributed by atoms with Crippen molar-refractivity contribution in [2.75, 3.05) is 0 Å². The maximum absolute atomic E-state index is 10.5. The lowest BCUT2D eigenvalue weighted by Gasteiger charge is -2.28. The molecule has 0 aromatic rings. The first-order chi connectivity index (χ1) is 12.7. The maximum Gasteiger partial charge on any atom is 0.303 e. The zero-order chi connectivity index (χ0) is 18.6. The molecule has 1 heterocycles. The number of hydrogen-bond donors (Lipinski definition) is 1. The highest BCUT2D eigenvalue weighted by Crippen LogP contribution is 2.45. The quantitative estimate of drug-likeness (QED) is 0.239. The molecule has 148 valence electrons. The zero-order valence-electron chi connectivity index (χ0n) is 16.3. The second-order valence-electron chi connectivity index (χ2n) is 7.74. The maximum atomic E-state index is 10.5. The van der Waals surface area contributed by atoms with Crippen molar-refractivity contribution in [3.8, 4) is 0 Å². The van der Waals surface area contributed by atoms with Gasteiger partial charge in [0.25, 0.3) is 0 Å². The number of allylic oxidation sites excluding steroid dienone is 4. The second-order valence-corrected chi connectivity index (χ2v) is 7.74. The number of hydrogen-bond acceptors (Lipinski definition) is 3. The van der Waals surface area contributed by atoms with Gasteiger partial charge in [0.15, 0.2) is 0 Å². The lowest BCUT2D eigenvalue weighted by Crippen LogP contribution is -2.29. The molecule has 0 radical (unpaired) electrons. The molecule has 1 aliphatic heterocycles. The first-order valence-corrected chi connectivity index (χ1v) is 10.6. The molecule has 1 aliphatic carbocycles. The molecule has 4 nitrogen and oxygen atoms in total. The summed E-state index contributed by atoms with van der Waals surface area (Å²) in [6.45, 7) is 2.24. The van der Waals surface area contributed by atoms with Crippen LogP contribution in [0.25, 0.3) is 0 Å². The molecule has 2 rings (SSSR count). The van der Waals surface area contributed by atoms with E-state index in [2.05, 4.69) is 31.2 Å². The number of unbranched alkanes of at least 4 members (excludes halogenated alkanes) is 6. The minimum absolute atomic E-state index is 0.263. The van der Waals surface area contributed by atoms with Crippen LogP contribution in [0, 0.1) is 11.8 Å². The summed E-state index contributed by atoms with van der Waals surface area (Å²) in [7, 11) is 0. The number of carboxylic acid groups (broad SMARTS) is 1. The van der Waals surface area contributed by atoms with Crippen LogP contribution in [0.3, 0.4) is 0 Å². The van der Waals surface area contributed by atoms with E-state index in [-0.39, 0.29) is 12.2 Å². The standard InChI is InChI=1S/C22H36O4/c1-2-3-4-5-8-11-14-18-19(21-17-20(18)25-26-21)15-12-9-6-7-10-13-16-22(23)24/h8-9,11-12,18-21H,2-7,10,13-17H2,1H3,(H,23,24)/t18-,19-,20-,21-/m1/s1. The van der Waals surface area contributed by atoms with Crippen molar-refractivity contribution in [3.63, 3.8) is 0 Å². The molecule has 26 heavy (non-hydrogen) atoms. The predicted molar refractivity (Wildman–Crippen MR) is 104 cm³/mol. The van der Waals surface area contributed by atoms with Gasteiger partial charge >= 0.3 is 5.97 Å². The second kappa shape index (κ2) is 12.3. The molecule has 0 unspecified atom stereocenters. The molecular weight excluding hydrogens is 328 g/mol. The highest BCUT2D eigenvalue weighted by Gasteiger charge is 2.49. The van der Waals surface area contributed by atoms with Crippen LogP contribution in [0.1, 0.15) is 84.0 Å². The van der Waals surface area contributed by atoms with Gasteiger partial charge in [-0.05, 0) is 56.8 Å². The van der Waals surface area contributed by atoms with Crippen LogP contribution in [-0.2, 0) is 14.6 Å². The fourth-order valence-electron chi connectivity index (χ4n) is 4.12. The molecule has 1 N–H and O–H groups in total. The third-order valence-corrected chi connectivity index (χ3v) is 5.66. The van der Waals surface area contributed by atoms with E-state index in [0.29, 0.717) is 18.3 Å². The third-order valence-electron chi connectivity index (χ3n) is 5.66. The van der Waals surface area contributed by atoms with E-state index in [4.69, 9.17) is 14.9 Å². The first-order valence-electron chi connectivity index (χ1n) is 10.6. The molecule has 0 amide bonds. The van der Waals surface area contributed by atoms with Gasteiger partial charge in [-0.3, -0.25) is 4.79 Å². The zero-order valence-corrected chi connectivity index (χ0v) is 16.3. The number of rotatable bonds is 14. The van der Waals surface area contributed by atoms with Crippen LogP contribution >= 0.6 is 0 Å². The summed E-state index contributed by atoms with van der Waals surface area (Å²) in [4.78, 5) is 21.4. The molecular formula is C22H36O4. The van der Waals surface area contributed by atoms with E-state index in [1.807, 2.05) is 0 Å². The third kappa shape index (κ3) is 7.24. The van der Waals surface area contributed by atoms with Crippen molar-refractivity contribution < 1.29 is 19.7 Å². The van der Waals surface area contributed by atoms with Crippen LogP contribution in [-0.4, -0.2) is 23.3 Å². The number of aliphatic carboxylic acids is 1. The highest BCUT2D eigenvalue weighted by molar-refractivity contribution is 5.66. The molecule has 4 heteroatoms. The van der Waals surface area contributed by atoms with Crippen LogP contribution < -0.4 is 0 Å². The summed E-state index contributed by atoms with van der Waals surface area (Å²) in [5.41, 5.74) is 0. The average Bonchev–Trinajstić information content (AvgIpc) is 3.22. The summed E-state index contributed by atoms with van der Waals surface area (Å²) in [5.74, 6) is 0.457. The monoisotopic (exact) mass is 364 g/mol. The van der Waals surface area contributed by atoms with Crippen molar-refractivity contribution in [1.82, 2.24) is 0 Å². The Morgan fingerprint density at radius 2 is 1.46 bits per heavy atom. The summed E-state index contributed by atoms with van der Waals surface area (Å²) in [6, 6.07) is 0. The van der Waals surface area contributed by atoms with Gasteiger partial charge in [-0.2, -0.15) is 0 Å². The Balaban J connectivity index is 1.64. The van der Waals surface area contributed by atoms with E-state index in [9.17, 15) is 4.79 Å². The van der Waals surface area contributed by atoms with Crippen LogP contribution in [0.4, 0.5) is 0 Å². The molecule has 1 saturated heterocycles. The Morgan fingerprint density at radius 1 is 0.885 bits per heavy atom. The Kier molecular flexibility index (Phi) is 10.0. The molecule has 1 saturated carbocycles. The van der Waals surface area contributed by atoms with Crippen molar-refractivity contribution in [3.05, 3.63) is 24.3 Å². The Labute approximate surface area is 158 Å². The summed E-state index contributed by atoms with van der Waals surface area (Å²) >= 11 is 0. The van der Waals surface area contributed by atoms with E-state index in [1.165, 1.54) is 25.7 Å². The number of fused-ring (bicyclic) bond motifs is 2. The van der Waals surface area contributed by atoms with Gasteiger partial charge in [-0.1, -0.05) is 50.5 Å². The Hall–Kier alpha value is -1.13. The number of carbonyl (C=O) groups is 1. The molecule has 2 aliphatic rings. The molecule has 4 atom stereocenters. The van der Waals surface area contributed by atoms with Crippen molar-refractivity contribution in [1.29, 1.82) is 0 Å². The fourth-order valence-corrected chi connectivity index (χ4v) is 4.12. The predicted octanol–water partition coefficient (Wildman–Crippen LogP) is 5.83. The summed E-state index contributed by atoms with van der Waals surface area (Å²) in [5, 5.41) is 8.63. The largest absolute Gasteiger partial charge is 0.481 e. The molecule has 0 aromatic heterocycles. The van der Waals surface area contributed by atoms with Gasteiger partial charge in [0.1, 0.15) is 0 Å². The first kappa shape index (κ1) is 21.2. The average molecular weight is 365 g/mol. The van der Waals surface area contributed by atoms with E-state index >= 15 is 0 Å². The molecule has 0 spiro atoms. The summed E-state index contributed by atoms with van der Waals surface area (Å²) in [6.07, 6.45) is 22.3. The SMILES string of the molecule is CCCCCC=CC[C@@H]1[C@@H](CC=CCCCCCC(=O)O)[C@H]2C[C@H]1OO2. The molecule has 0 aromatic carbocycles. The van der Waals surface area contributed by atoms with Crippen molar-refractivity contribution in [2.24, 2.45) is 11.8 Å². The van der Waals surface area contributed by atoms with Crippen molar-refractivity contribution in [2.45, 2.75) is 96.2 Å². The van der Waals surface area contributed by atoms with Gasteiger partial charge in [0.2, 0.25) is 0 Å².